The number of nitrogens with one attached hydrogen (secondary N) is 1. The second-order valence-electron chi connectivity index (χ2n) is 11.1. The molecule has 2 unspecified atom stereocenters. The SMILES string of the molecule is CC1C=CC=CC1Cn1cc2ccc(NC(=O)CC34CC5CC(CC(C5)C3)C4)cc2n1. The first-order valence-corrected chi connectivity index (χ1v) is 12.2. The van der Waals surface area contributed by atoms with E-state index in [4.69, 9.17) is 5.10 Å². The zero-order valence-corrected chi connectivity index (χ0v) is 18.5. The molecule has 5 aliphatic carbocycles. The zero-order chi connectivity index (χ0) is 21.0. The molecule has 0 radical (unpaired) electrons. The Labute approximate surface area is 184 Å². The Bertz CT molecular complexity index is 1030. The van der Waals surface area contributed by atoms with Crippen LogP contribution in [0.15, 0.2) is 48.7 Å². The van der Waals surface area contributed by atoms with Gasteiger partial charge in [-0.3, -0.25) is 9.48 Å². The summed E-state index contributed by atoms with van der Waals surface area (Å²) in [6.45, 7) is 3.13. The molecule has 4 heteroatoms. The number of carbonyl (C=O) groups is 1. The first-order valence-electron chi connectivity index (χ1n) is 12.2. The average Bonchev–Trinajstić information content (AvgIpc) is 3.10. The normalized spacial score (nSPS) is 35.7. The Morgan fingerprint density at radius 3 is 2.52 bits per heavy atom. The second kappa shape index (κ2) is 7.36. The highest BCUT2D eigenvalue weighted by Crippen LogP contribution is 2.61. The molecule has 4 nitrogen and oxygen atoms in total. The lowest BCUT2D eigenvalue weighted by Gasteiger charge is -2.56. The van der Waals surface area contributed by atoms with Crippen molar-refractivity contribution in [3.05, 3.63) is 48.7 Å². The van der Waals surface area contributed by atoms with Crippen LogP contribution in [0.1, 0.15) is 51.9 Å². The summed E-state index contributed by atoms with van der Waals surface area (Å²) in [7, 11) is 0. The third-order valence-electron chi connectivity index (χ3n) is 8.50. The van der Waals surface area contributed by atoms with Gasteiger partial charge in [0.05, 0.1) is 5.52 Å². The van der Waals surface area contributed by atoms with E-state index in [0.29, 0.717) is 18.3 Å². The summed E-state index contributed by atoms with van der Waals surface area (Å²) >= 11 is 0. The maximum atomic E-state index is 13.0. The third-order valence-corrected chi connectivity index (χ3v) is 8.50. The zero-order valence-electron chi connectivity index (χ0n) is 18.5. The largest absolute Gasteiger partial charge is 0.326 e. The minimum Gasteiger partial charge on any atom is -0.326 e. The van der Waals surface area contributed by atoms with Gasteiger partial charge in [0.15, 0.2) is 0 Å². The quantitative estimate of drug-likeness (QED) is 0.655. The molecule has 4 saturated carbocycles. The smallest absolute Gasteiger partial charge is 0.224 e. The van der Waals surface area contributed by atoms with Crippen LogP contribution in [0.5, 0.6) is 0 Å². The molecule has 1 aromatic carbocycles. The van der Waals surface area contributed by atoms with Gasteiger partial charge in [-0.15, -0.1) is 0 Å². The van der Waals surface area contributed by atoms with E-state index >= 15 is 0 Å². The summed E-state index contributed by atoms with van der Waals surface area (Å²) < 4.78 is 2.05. The molecule has 2 aromatic rings. The summed E-state index contributed by atoms with van der Waals surface area (Å²) in [4.78, 5) is 13.0. The highest BCUT2D eigenvalue weighted by atomic mass is 16.1. The molecular formula is C27H33N3O. The monoisotopic (exact) mass is 415 g/mol. The number of allylic oxidation sites excluding steroid dienone is 4. The van der Waals surface area contributed by atoms with E-state index in [1.54, 1.807) is 0 Å². The predicted molar refractivity (Wildman–Crippen MR) is 125 cm³/mol. The number of hydrogen-bond donors (Lipinski definition) is 1. The van der Waals surface area contributed by atoms with E-state index in [-0.39, 0.29) is 11.3 Å². The molecule has 2 atom stereocenters. The molecule has 1 aromatic heterocycles. The molecule has 0 spiro atoms. The Hall–Kier alpha value is -2.36. The van der Waals surface area contributed by atoms with Gasteiger partial charge in [0.25, 0.3) is 0 Å². The van der Waals surface area contributed by atoms with Crippen LogP contribution in [-0.2, 0) is 11.3 Å². The summed E-state index contributed by atoms with van der Waals surface area (Å²) in [6.07, 6.45) is 19.7. The molecule has 1 amide bonds. The molecule has 162 valence electrons. The number of hydrogen-bond acceptors (Lipinski definition) is 2. The van der Waals surface area contributed by atoms with Crippen LogP contribution in [0.4, 0.5) is 5.69 Å². The maximum Gasteiger partial charge on any atom is 0.224 e. The van der Waals surface area contributed by atoms with Crippen molar-refractivity contribution < 1.29 is 4.79 Å². The van der Waals surface area contributed by atoms with Crippen LogP contribution >= 0.6 is 0 Å². The van der Waals surface area contributed by atoms with Gasteiger partial charge in [-0.05, 0) is 85.8 Å². The molecular weight excluding hydrogens is 382 g/mol. The van der Waals surface area contributed by atoms with Crippen molar-refractivity contribution >= 4 is 22.5 Å². The summed E-state index contributed by atoms with van der Waals surface area (Å²) in [6, 6.07) is 6.14. The van der Waals surface area contributed by atoms with Gasteiger partial charge in [-0.25, -0.2) is 0 Å². The first kappa shape index (κ1) is 19.3. The molecule has 1 heterocycles. The van der Waals surface area contributed by atoms with E-state index in [2.05, 4.69) is 53.5 Å². The standard InChI is InChI=1S/C27H33N3O/c1-18-4-2-3-5-22(18)16-30-17-23-6-7-24(11-25(23)29-30)28-26(31)15-27-12-19-8-20(13-27)10-21(9-19)14-27/h2-7,11,17-22H,8-10,12-16H2,1H3,(H,28,31). The van der Waals surface area contributed by atoms with Crippen molar-refractivity contribution in [3.63, 3.8) is 0 Å². The van der Waals surface area contributed by atoms with Gasteiger partial charge < -0.3 is 5.32 Å². The Morgan fingerprint density at radius 2 is 1.81 bits per heavy atom. The number of rotatable bonds is 5. The van der Waals surface area contributed by atoms with E-state index < -0.39 is 0 Å². The van der Waals surface area contributed by atoms with Crippen molar-refractivity contribution in [1.82, 2.24) is 9.78 Å². The van der Waals surface area contributed by atoms with Crippen LogP contribution in [0.2, 0.25) is 0 Å². The van der Waals surface area contributed by atoms with Crippen molar-refractivity contribution in [1.29, 1.82) is 0 Å². The van der Waals surface area contributed by atoms with E-state index in [0.717, 1.165) is 40.9 Å². The van der Waals surface area contributed by atoms with Crippen LogP contribution in [0.25, 0.3) is 10.9 Å². The third kappa shape index (κ3) is 3.75. The van der Waals surface area contributed by atoms with Gasteiger partial charge in [-0.2, -0.15) is 5.10 Å². The highest BCUT2D eigenvalue weighted by molar-refractivity contribution is 5.93. The van der Waals surface area contributed by atoms with Crippen LogP contribution < -0.4 is 5.32 Å². The minimum atomic E-state index is 0.189. The maximum absolute atomic E-state index is 13.0. The van der Waals surface area contributed by atoms with Crippen molar-refractivity contribution in [2.75, 3.05) is 5.32 Å². The highest BCUT2D eigenvalue weighted by Gasteiger charge is 2.51. The molecule has 1 N–H and O–H groups in total. The fourth-order valence-electron chi connectivity index (χ4n) is 7.50. The first-order chi connectivity index (χ1) is 15.0. The van der Waals surface area contributed by atoms with Crippen LogP contribution in [-0.4, -0.2) is 15.7 Å². The summed E-state index contributed by atoms with van der Waals surface area (Å²) in [5, 5.41) is 9.12. The van der Waals surface area contributed by atoms with Crippen molar-refractivity contribution in [2.24, 2.45) is 35.0 Å². The van der Waals surface area contributed by atoms with Gasteiger partial charge in [0.1, 0.15) is 0 Å². The van der Waals surface area contributed by atoms with Crippen molar-refractivity contribution in [3.8, 4) is 0 Å². The Kier molecular flexibility index (Phi) is 4.59. The van der Waals surface area contributed by atoms with Gasteiger partial charge in [-0.1, -0.05) is 31.2 Å². The molecule has 4 fully saturated rings. The lowest BCUT2D eigenvalue weighted by molar-refractivity contribution is -0.124. The van der Waals surface area contributed by atoms with Gasteiger partial charge in [0, 0.05) is 36.2 Å². The fraction of sp³-hybridized carbons (Fsp3) is 0.556. The van der Waals surface area contributed by atoms with E-state index in [1.807, 2.05) is 12.1 Å². The summed E-state index contributed by atoms with van der Waals surface area (Å²) in [5.74, 6) is 3.84. The number of fused-ring (bicyclic) bond motifs is 1. The number of anilines is 1. The predicted octanol–water partition coefficient (Wildman–Crippen LogP) is 5.96. The second-order valence-corrected chi connectivity index (χ2v) is 11.1. The van der Waals surface area contributed by atoms with E-state index in [1.165, 1.54) is 38.5 Å². The lowest BCUT2D eigenvalue weighted by Crippen LogP contribution is -2.47. The fourth-order valence-corrected chi connectivity index (χ4v) is 7.50. The number of benzene rings is 1. The van der Waals surface area contributed by atoms with Crippen LogP contribution in [0.3, 0.4) is 0 Å². The molecule has 31 heavy (non-hydrogen) atoms. The van der Waals surface area contributed by atoms with Crippen LogP contribution in [0, 0.1) is 35.0 Å². The molecule has 7 rings (SSSR count). The number of carbonyl (C=O) groups excluding carboxylic acids is 1. The molecule has 5 aliphatic rings. The molecule has 4 bridgehead atoms. The average molecular weight is 416 g/mol. The van der Waals surface area contributed by atoms with Gasteiger partial charge in [0.2, 0.25) is 5.91 Å². The Morgan fingerprint density at radius 1 is 1.10 bits per heavy atom. The van der Waals surface area contributed by atoms with Gasteiger partial charge >= 0.3 is 0 Å². The molecule has 0 aliphatic heterocycles. The number of aromatic nitrogens is 2. The lowest BCUT2D eigenvalue weighted by atomic mass is 9.49. The number of nitrogens with zero attached hydrogens (tertiary/aromatic N) is 2. The van der Waals surface area contributed by atoms with E-state index in [9.17, 15) is 4.79 Å². The van der Waals surface area contributed by atoms with Crippen molar-refractivity contribution in [2.45, 2.75) is 58.4 Å². The molecule has 0 saturated heterocycles. The number of amides is 1. The summed E-state index contributed by atoms with van der Waals surface area (Å²) in [5.41, 5.74) is 2.11. The Balaban J connectivity index is 1.13. The minimum absolute atomic E-state index is 0.189. The topological polar surface area (TPSA) is 46.9 Å².